The molecule has 2 aromatic carbocycles. The maximum Gasteiger partial charge on any atom is 0.407 e. The lowest BCUT2D eigenvalue weighted by Crippen LogP contribution is -2.32. The van der Waals surface area contributed by atoms with Gasteiger partial charge in [0, 0.05) is 12.1 Å². The van der Waals surface area contributed by atoms with Gasteiger partial charge in [-0.15, -0.1) is 0 Å². The zero-order chi connectivity index (χ0) is 18.3. The SMILES string of the molecule is CC(C)(C)OC(=O)NCc1c(F)cccc1C/C=C/c1ccccc1. The lowest BCUT2D eigenvalue weighted by Gasteiger charge is -2.20. The van der Waals surface area contributed by atoms with Gasteiger partial charge in [0.2, 0.25) is 0 Å². The summed E-state index contributed by atoms with van der Waals surface area (Å²) in [5.74, 6) is -0.332. The Morgan fingerprint density at radius 3 is 2.52 bits per heavy atom. The van der Waals surface area contributed by atoms with Crippen molar-refractivity contribution >= 4 is 12.2 Å². The number of allylic oxidation sites excluding steroid dienone is 1. The van der Waals surface area contributed by atoms with Gasteiger partial charge in [-0.25, -0.2) is 9.18 Å². The third kappa shape index (κ3) is 6.42. The van der Waals surface area contributed by atoms with Crippen LogP contribution in [0.1, 0.15) is 37.5 Å². The van der Waals surface area contributed by atoms with Gasteiger partial charge < -0.3 is 10.1 Å². The van der Waals surface area contributed by atoms with E-state index in [1.54, 1.807) is 26.8 Å². The second-order valence-electron chi connectivity index (χ2n) is 6.75. The van der Waals surface area contributed by atoms with Crippen molar-refractivity contribution in [3.8, 4) is 0 Å². The Labute approximate surface area is 148 Å². The number of amides is 1. The molecule has 0 fully saturated rings. The molecule has 3 nitrogen and oxygen atoms in total. The molecule has 4 heteroatoms. The second-order valence-corrected chi connectivity index (χ2v) is 6.75. The smallest absolute Gasteiger partial charge is 0.407 e. The molecule has 1 amide bonds. The van der Waals surface area contributed by atoms with Gasteiger partial charge in [0.05, 0.1) is 0 Å². The molecular weight excluding hydrogens is 317 g/mol. The molecule has 0 aliphatic carbocycles. The van der Waals surface area contributed by atoms with Gasteiger partial charge in [0.25, 0.3) is 0 Å². The Hall–Kier alpha value is -2.62. The number of benzene rings is 2. The monoisotopic (exact) mass is 341 g/mol. The van der Waals surface area contributed by atoms with Crippen LogP contribution in [0.15, 0.2) is 54.6 Å². The number of carbonyl (C=O) groups excluding carboxylic acids is 1. The molecule has 0 atom stereocenters. The van der Waals surface area contributed by atoms with E-state index in [4.69, 9.17) is 4.74 Å². The highest BCUT2D eigenvalue weighted by molar-refractivity contribution is 5.67. The molecule has 1 N–H and O–H groups in total. The van der Waals surface area contributed by atoms with Crippen LogP contribution in [0.3, 0.4) is 0 Å². The summed E-state index contributed by atoms with van der Waals surface area (Å²) in [5.41, 5.74) is 1.82. The summed E-state index contributed by atoms with van der Waals surface area (Å²) in [4.78, 5) is 11.8. The van der Waals surface area contributed by atoms with E-state index in [1.165, 1.54) is 6.07 Å². The number of halogens is 1. The van der Waals surface area contributed by atoms with Crippen LogP contribution in [0.4, 0.5) is 9.18 Å². The zero-order valence-corrected chi connectivity index (χ0v) is 14.9. The Bertz CT molecular complexity index is 733. The van der Waals surface area contributed by atoms with Crippen molar-refractivity contribution in [2.24, 2.45) is 0 Å². The van der Waals surface area contributed by atoms with Crippen molar-refractivity contribution in [1.29, 1.82) is 0 Å². The summed E-state index contributed by atoms with van der Waals surface area (Å²) in [5, 5.41) is 2.62. The predicted molar refractivity (Wildman–Crippen MR) is 98.7 cm³/mol. The number of alkyl carbamates (subject to hydrolysis) is 1. The quantitative estimate of drug-likeness (QED) is 0.821. The number of hydrogen-bond donors (Lipinski definition) is 1. The fourth-order valence-electron chi connectivity index (χ4n) is 2.35. The van der Waals surface area contributed by atoms with Gasteiger partial charge in [0.1, 0.15) is 11.4 Å². The Morgan fingerprint density at radius 1 is 1.12 bits per heavy atom. The molecule has 132 valence electrons. The van der Waals surface area contributed by atoms with E-state index in [0.29, 0.717) is 12.0 Å². The van der Waals surface area contributed by atoms with Crippen LogP contribution in [0, 0.1) is 5.82 Å². The van der Waals surface area contributed by atoms with Gasteiger partial charge in [-0.1, -0.05) is 54.6 Å². The van der Waals surface area contributed by atoms with Crippen LogP contribution in [-0.2, 0) is 17.7 Å². The van der Waals surface area contributed by atoms with Crippen molar-refractivity contribution in [2.75, 3.05) is 0 Å². The minimum atomic E-state index is -0.583. The van der Waals surface area contributed by atoms with Gasteiger partial charge in [0.15, 0.2) is 0 Å². The Kier molecular flexibility index (Phi) is 6.34. The molecule has 0 saturated heterocycles. The lowest BCUT2D eigenvalue weighted by atomic mass is 10.0. The van der Waals surface area contributed by atoms with Crippen LogP contribution >= 0.6 is 0 Å². The van der Waals surface area contributed by atoms with Gasteiger partial charge >= 0.3 is 6.09 Å². The van der Waals surface area contributed by atoms with E-state index < -0.39 is 11.7 Å². The summed E-state index contributed by atoms with van der Waals surface area (Å²) in [6, 6.07) is 14.9. The molecule has 0 aliphatic rings. The maximum absolute atomic E-state index is 14.2. The minimum absolute atomic E-state index is 0.0934. The van der Waals surface area contributed by atoms with Crippen LogP contribution in [0.5, 0.6) is 0 Å². The zero-order valence-electron chi connectivity index (χ0n) is 14.9. The molecule has 2 aromatic rings. The van der Waals surface area contributed by atoms with E-state index in [-0.39, 0.29) is 12.4 Å². The molecule has 0 aliphatic heterocycles. The Morgan fingerprint density at radius 2 is 1.84 bits per heavy atom. The summed E-state index contributed by atoms with van der Waals surface area (Å²) in [6.45, 7) is 5.45. The summed E-state index contributed by atoms with van der Waals surface area (Å²) in [7, 11) is 0. The van der Waals surface area contributed by atoms with Crippen molar-refractivity contribution in [3.63, 3.8) is 0 Å². The van der Waals surface area contributed by atoms with E-state index >= 15 is 0 Å². The van der Waals surface area contributed by atoms with Gasteiger partial charge in [-0.3, -0.25) is 0 Å². The molecule has 0 radical (unpaired) electrons. The first kappa shape index (κ1) is 18.7. The van der Waals surface area contributed by atoms with Gasteiger partial charge in [-0.05, 0) is 44.4 Å². The summed E-state index contributed by atoms with van der Waals surface area (Å²) in [6.07, 6.45) is 4.01. The van der Waals surface area contributed by atoms with E-state index in [1.807, 2.05) is 48.6 Å². The molecular formula is C21H24FNO2. The van der Waals surface area contributed by atoms with Crippen molar-refractivity contribution in [1.82, 2.24) is 5.32 Å². The van der Waals surface area contributed by atoms with Crippen LogP contribution in [0.2, 0.25) is 0 Å². The van der Waals surface area contributed by atoms with Crippen LogP contribution in [0.25, 0.3) is 6.08 Å². The molecule has 0 spiro atoms. The second kappa shape index (κ2) is 8.47. The number of rotatable bonds is 5. The number of carbonyl (C=O) groups is 1. The first-order chi connectivity index (χ1) is 11.8. The predicted octanol–water partition coefficient (Wildman–Crippen LogP) is 5.11. The molecule has 0 bridgehead atoms. The molecule has 0 heterocycles. The number of nitrogens with one attached hydrogen (secondary N) is 1. The first-order valence-electron chi connectivity index (χ1n) is 8.30. The molecule has 25 heavy (non-hydrogen) atoms. The summed E-state index contributed by atoms with van der Waals surface area (Å²) >= 11 is 0. The maximum atomic E-state index is 14.2. The lowest BCUT2D eigenvalue weighted by molar-refractivity contribution is 0.0523. The van der Waals surface area contributed by atoms with Gasteiger partial charge in [-0.2, -0.15) is 0 Å². The van der Waals surface area contributed by atoms with Crippen LogP contribution < -0.4 is 5.32 Å². The van der Waals surface area contributed by atoms with E-state index in [9.17, 15) is 9.18 Å². The number of ether oxygens (including phenoxy) is 1. The Balaban J connectivity index is 2.03. The fraction of sp³-hybridized carbons (Fsp3) is 0.286. The van der Waals surface area contributed by atoms with E-state index in [2.05, 4.69) is 5.32 Å². The molecule has 2 rings (SSSR count). The largest absolute Gasteiger partial charge is 0.444 e. The third-order valence-corrected chi connectivity index (χ3v) is 3.47. The van der Waals surface area contributed by atoms with E-state index in [0.717, 1.165) is 11.1 Å². The summed E-state index contributed by atoms with van der Waals surface area (Å²) < 4.78 is 19.4. The topological polar surface area (TPSA) is 38.3 Å². The average molecular weight is 341 g/mol. The molecule has 0 saturated carbocycles. The van der Waals surface area contributed by atoms with Crippen molar-refractivity contribution < 1.29 is 13.9 Å². The average Bonchev–Trinajstić information content (AvgIpc) is 2.53. The van der Waals surface area contributed by atoms with Crippen molar-refractivity contribution in [2.45, 2.75) is 39.3 Å². The normalized spacial score (nSPS) is 11.5. The van der Waals surface area contributed by atoms with Crippen LogP contribution in [-0.4, -0.2) is 11.7 Å². The van der Waals surface area contributed by atoms with Crippen molar-refractivity contribution in [3.05, 3.63) is 77.1 Å². The third-order valence-electron chi connectivity index (χ3n) is 3.47. The highest BCUT2D eigenvalue weighted by atomic mass is 19.1. The molecule has 0 unspecified atom stereocenters. The highest BCUT2D eigenvalue weighted by Gasteiger charge is 2.16. The highest BCUT2D eigenvalue weighted by Crippen LogP contribution is 2.16. The minimum Gasteiger partial charge on any atom is -0.444 e. The molecule has 0 aromatic heterocycles. The fourth-order valence-corrected chi connectivity index (χ4v) is 2.35. The number of hydrogen-bond acceptors (Lipinski definition) is 2. The first-order valence-corrected chi connectivity index (χ1v) is 8.30. The standard InChI is InChI=1S/C21H24FNO2/c1-21(2,3)25-20(24)23-15-18-17(13-8-14-19(18)22)12-7-11-16-9-5-4-6-10-16/h4-11,13-14H,12,15H2,1-3H3,(H,23,24)/b11-7+.